The van der Waals surface area contributed by atoms with E-state index in [0.717, 1.165) is 6.42 Å². The number of nitrogens with one attached hydrogen (secondary N) is 1. The van der Waals surface area contributed by atoms with Gasteiger partial charge in [0.25, 0.3) is 0 Å². The Morgan fingerprint density at radius 2 is 2.37 bits per heavy atom. The first-order valence-electron chi connectivity index (χ1n) is 6.14. The molecule has 1 aromatic rings. The van der Waals surface area contributed by atoms with Crippen LogP contribution in [-0.4, -0.2) is 33.6 Å². The van der Waals surface area contributed by atoms with Crippen LogP contribution in [0.4, 0.5) is 0 Å². The van der Waals surface area contributed by atoms with Crippen molar-refractivity contribution >= 4 is 11.7 Å². The van der Waals surface area contributed by atoms with Crippen molar-refractivity contribution in [2.24, 2.45) is 16.3 Å². The van der Waals surface area contributed by atoms with Crippen molar-refractivity contribution < 1.29 is 14.5 Å². The Morgan fingerprint density at radius 3 is 2.84 bits per heavy atom. The summed E-state index contributed by atoms with van der Waals surface area (Å²) in [7, 11) is 0. The van der Waals surface area contributed by atoms with Gasteiger partial charge in [-0.15, -0.1) is 0 Å². The van der Waals surface area contributed by atoms with E-state index in [1.165, 1.54) is 0 Å². The minimum absolute atomic E-state index is 0.0233. The van der Waals surface area contributed by atoms with Crippen molar-refractivity contribution in [1.82, 2.24) is 15.5 Å². The number of aromatic nitrogens is 2. The summed E-state index contributed by atoms with van der Waals surface area (Å²) >= 11 is 0. The van der Waals surface area contributed by atoms with Crippen LogP contribution in [0.25, 0.3) is 0 Å². The zero-order valence-corrected chi connectivity index (χ0v) is 10.7. The third-order valence-corrected chi connectivity index (χ3v) is 3.43. The zero-order chi connectivity index (χ0) is 13.9. The molecule has 0 bridgehead atoms. The number of carbonyl (C=O) groups excluding carboxylic acids is 1. The van der Waals surface area contributed by atoms with Gasteiger partial charge in [0.1, 0.15) is 5.41 Å². The second kappa shape index (κ2) is 5.25. The Hall–Kier alpha value is -2.12. The van der Waals surface area contributed by atoms with Crippen LogP contribution in [0.1, 0.15) is 31.0 Å². The lowest BCUT2D eigenvalue weighted by Gasteiger charge is -2.38. The lowest BCUT2D eigenvalue weighted by molar-refractivity contribution is -0.131. The number of oxime groups is 1. The molecule has 104 valence electrons. The topological polar surface area (TPSA) is 127 Å². The Bertz CT molecular complexity index is 492. The van der Waals surface area contributed by atoms with Crippen LogP contribution in [0.3, 0.4) is 0 Å². The predicted molar refractivity (Wildman–Crippen MR) is 65.4 cm³/mol. The molecular formula is C11H17N5O3. The molecule has 1 aliphatic carbocycles. The van der Waals surface area contributed by atoms with Crippen molar-refractivity contribution in [3.63, 3.8) is 0 Å². The third-order valence-electron chi connectivity index (χ3n) is 3.43. The number of nitrogens with two attached hydrogens (primary N) is 1. The first-order valence-corrected chi connectivity index (χ1v) is 6.14. The van der Waals surface area contributed by atoms with Gasteiger partial charge in [0, 0.05) is 13.0 Å². The van der Waals surface area contributed by atoms with E-state index in [4.69, 9.17) is 15.5 Å². The number of amides is 1. The lowest BCUT2D eigenvalue weighted by Crippen LogP contribution is -2.54. The van der Waals surface area contributed by atoms with Crippen molar-refractivity contribution in [2.45, 2.75) is 32.6 Å². The third kappa shape index (κ3) is 2.51. The van der Waals surface area contributed by atoms with Crippen LogP contribution >= 0.6 is 0 Å². The number of carbonyl (C=O) groups is 1. The first-order chi connectivity index (χ1) is 9.08. The number of aryl methyl sites for hydroxylation is 1. The van der Waals surface area contributed by atoms with Gasteiger partial charge in [-0.05, 0) is 19.8 Å². The molecule has 8 heteroatoms. The maximum Gasteiger partial charge on any atom is 0.233 e. The summed E-state index contributed by atoms with van der Waals surface area (Å²) in [5.41, 5.74) is 4.75. The van der Waals surface area contributed by atoms with Gasteiger partial charge in [0.05, 0.1) is 0 Å². The summed E-state index contributed by atoms with van der Waals surface area (Å²) in [4.78, 5) is 16.1. The molecule has 8 nitrogen and oxygen atoms in total. The second-order valence-electron chi connectivity index (χ2n) is 4.66. The summed E-state index contributed by atoms with van der Waals surface area (Å²) in [6.45, 7) is 2.11. The van der Waals surface area contributed by atoms with Gasteiger partial charge < -0.3 is 20.8 Å². The molecule has 1 fully saturated rings. The number of rotatable bonds is 5. The Morgan fingerprint density at radius 1 is 1.63 bits per heavy atom. The molecule has 1 amide bonds. The van der Waals surface area contributed by atoms with Gasteiger partial charge in [-0.3, -0.25) is 4.79 Å². The van der Waals surface area contributed by atoms with Crippen LogP contribution in [0.15, 0.2) is 9.68 Å². The van der Waals surface area contributed by atoms with E-state index in [1.54, 1.807) is 6.92 Å². The number of amidine groups is 1. The van der Waals surface area contributed by atoms with Crippen LogP contribution < -0.4 is 11.1 Å². The van der Waals surface area contributed by atoms with Crippen molar-refractivity contribution in [1.29, 1.82) is 0 Å². The van der Waals surface area contributed by atoms with E-state index in [2.05, 4.69) is 20.6 Å². The van der Waals surface area contributed by atoms with Crippen molar-refractivity contribution in [2.75, 3.05) is 6.54 Å². The van der Waals surface area contributed by atoms with E-state index in [9.17, 15) is 4.79 Å². The van der Waals surface area contributed by atoms with Gasteiger partial charge in [-0.25, -0.2) is 0 Å². The van der Waals surface area contributed by atoms with Crippen LogP contribution in [0, 0.1) is 12.3 Å². The van der Waals surface area contributed by atoms with Gasteiger partial charge in [0.2, 0.25) is 11.8 Å². The molecule has 0 aromatic carbocycles. The second-order valence-corrected chi connectivity index (χ2v) is 4.66. The van der Waals surface area contributed by atoms with Gasteiger partial charge in [-0.1, -0.05) is 16.7 Å². The van der Waals surface area contributed by atoms with E-state index < -0.39 is 5.41 Å². The molecule has 0 saturated heterocycles. The number of hydrogen-bond acceptors (Lipinski definition) is 6. The van der Waals surface area contributed by atoms with Crippen LogP contribution in [-0.2, 0) is 11.2 Å². The van der Waals surface area contributed by atoms with Crippen molar-refractivity contribution in [3.05, 3.63) is 11.7 Å². The predicted octanol–water partition coefficient (Wildman–Crippen LogP) is -0.0466. The maximum absolute atomic E-state index is 12.1. The SMILES string of the molecule is Cc1noc(CCNC(=O)C2(C(N)=NO)CCC2)n1. The maximum atomic E-state index is 12.1. The standard InChI is InChI=1S/C11H17N5O3/c1-7-14-8(19-16-7)3-6-13-10(17)11(4-2-5-11)9(12)15-18/h18H,2-6H2,1H3,(H2,12,15)(H,13,17). The Kier molecular flexibility index (Phi) is 3.68. The fraction of sp³-hybridized carbons (Fsp3) is 0.636. The minimum atomic E-state index is -0.848. The Balaban J connectivity index is 1.87. The molecule has 0 unspecified atom stereocenters. The quantitative estimate of drug-likeness (QED) is 0.297. The molecule has 0 aliphatic heterocycles. The number of nitrogens with zero attached hydrogens (tertiary/aromatic N) is 3. The van der Waals surface area contributed by atoms with E-state index in [-0.39, 0.29) is 11.7 Å². The monoisotopic (exact) mass is 267 g/mol. The number of hydrogen-bond donors (Lipinski definition) is 3. The molecule has 1 heterocycles. The molecular weight excluding hydrogens is 250 g/mol. The highest BCUT2D eigenvalue weighted by Gasteiger charge is 2.48. The molecule has 19 heavy (non-hydrogen) atoms. The van der Waals surface area contributed by atoms with E-state index >= 15 is 0 Å². The highest BCUT2D eigenvalue weighted by Crippen LogP contribution is 2.41. The van der Waals surface area contributed by atoms with Crippen LogP contribution in [0.5, 0.6) is 0 Å². The smallest absolute Gasteiger partial charge is 0.233 e. The average Bonchev–Trinajstić information content (AvgIpc) is 2.73. The molecule has 1 saturated carbocycles. The lowest BCUT2D eigenvalue weighted by atomic mass is 9.67. The normalized spacial score (nSPS) is 17.8. The van der Waals surface area contributed by atoms with Crippen LogP contribution in [0.2, 0.25) is 0 Å². The first kappa shape index (κ1) is 13.3. The van der Waals surface area contributed by atoms with Crippen molar-refractivity contribution in [3.8, 4) is 0 Å². The summed E-state index contributed by atoms with van der Waals surface area (Å²) in [5.74, 6) is 0.799. The molecule has 1 aliphatic rings. The summed E-state index contributed by atoms with van der Waals surface area (Å²) in [6.07, 6.45) is 2.56. The zero-order valence-electron chi connectivity index (χ0n) is 10.7. The fourth-order valence-electron chi connectivity index (χ4n) is 2.12. The van der Waals surface area contributed by atoms with Gasteiger partial charge in [-0.2, -0.15) is 4.98 Å². The minimum Gasteiger partial charge on any atom is -0.409 e. The largest absolute Gasteiger partial charge is 0.409 e. The molecule has 1 aromatic heterocycles. The molecule has 0 atom stereocenters. The molecule has 0 spiro atoms. The molecule has 0 radical (unpaired) electrons. The summed E-state index contributed by atoms with van der Waals surface area (Å²) < 4.78 is 4.94. The highest BCUT2D eigenvalue weighted by molar-refractivity contribution is 6.07. The molecule has 2 rings (SSSR count). The Labute approximate surface area is 110 Å². The molecule has 4 N–H and O–H groups in total. The van der Waals surface area contributed by atoms with E-state index in [0.29, 0.717) is 37.5 Å². The fourth-order valence-corrected chi connectivity index (χ4v) is 2.12. The summed E-state index contributed by atoms with van der Waals surface area (Å²) in [5, 5.41) is 18.1. The highest BCUT2D eigenvalue weighted by atomic mass is 16.5. The van der Waals surface area contributed by atoms with Gasteiger partial charge >= 0.3 is 0 Å². The van der Waals surface area contributed by atoms with Gasteiger partial charge in [0.15, 0.2) is 11.7 Å². The average molecular weight is 267 g/mol. The van der Waals surface area contributed by atoms with E-state index in [1.807, 2.05) is 0 Å². The summed E-state index contributed by atoms with van der Waals surface area (Å²) in [6, 6.07) is 0.